The fraction of sp³-hybridized carbons (Fsp3) is 0.714. The Balaban J connectivity index is 3.10. The summed E-state index contributed by atoms with van der Waals surface area (Å²) in [5, 5.41) is 9.77. The van der Waals surface area contributed by atoms with Gasteiger partial charge in [0, 0.05) is 0 Å². The Hall–Kier alpha value is -0.460. The largest absolute Gasteiger partial charge is 0.299 e. The summed E-state index contributed by atoms with van der Waals surface area (Å²) in [6.45, 7) is 4.27. The van der Waals surface area contributed by atoms with Crippen LogP contribution in [0.2, 0.25) is 0 Å². The van der Waals surface area contributed by atoms with Crippen LogP contribution in [0, 0.1) is 5.92 Å². The molecule has 0 heterocycles. The third-order valence-corrected chi connectivity index (χ3v) is 1.33. The number of allylic oxidation sites excluding steroid dienone is 1. The third-order valence-electron chi connectivity index (χ3n) is 1.33. The minimum Gasteiger partial charge on any atom is -0.299 e. The highest BCUT2D eigenvalue weighted by Crippen LogP contribution is 2.05. The van der Waals surface area contributed by atoms with E-state index >= 15 is 0 Å². The van der Waals surface area contributed by atoms with Gasteiger partial charge in [0.25, 0.3) is 0 Å². The molecule has 0 amide bonds. The molecule has 0 aliphatic rings. The lowest BCUT2D eigenvalue weighted by Gasteiger charge is -2.00. The van der Waals surface area contributed by atoms with Gasteiger partial charge in [-0.3, -0.25) is 5.11 Å². The first-order valence-corrected chi connectivity index (χ1v) is 3.08. The summed E-state index contributed by atoms with van der Waals surface area (Å²) < 4.78 is 0. The maximum atomic E-state index is 9.77. The average molecular weight is 113 g/mol. The van der Waals surface area contributed by atoms with Crippen LogP contribution in [0.1, 0.15) is 26.7 Å². The predicted molar refractivity (Wildman–Crippen MR) is 33.9 cm³/mol. The summed E-state index contributed by atoms with van der Waals surface area (Å²) in [6.07, 6.45) is 4.63. The molecule has 1 atom stereocenters. The van der Waals surface area contributed by atoms with Crippen LogP contribution in [0.25, 0.3) is 0 Å². The molecule has 0 saturated heterocycles. The molecule has 1 heteroatoms. The summed E-state index contributed by atoms with van der Waals surface area (Å²) >= 11 is 0. The van der Waals surface area contributed by atoms with Gasteiger partial charge in [-0.05, 0) is 18.4 Å². The van der Waals surface area contributed by atoms with Gasteiger partial charge in [0.1, 0.15) is 6.26 Å². The van der Waals surface area contributed by atoms with Crippen LogP contribution in [-0.2, 0) is 5.11 Å². The lowest BCUT2D eigenvalue weighted by Crippen LogP contribution is -1.87. The summed E-state index contributed by atoms with van der Waals surface area (Å²) in [5.41, 5.74) is 0. The Morgan fingerprint density at radius 2 is 2.25 bits per heavy atom. The first-order chi connectivity index (χ1) is 3.81. The lowest BCUT2D eigenvalue weighted by atomic mass is 10.1. The molecular formula is C7H13O. The molecule has 1 unspecified atom stereocenters. The summed E-state index contributed by atoms with van der Waals surface area (Å²) in [6, 6.07) is 0. The lowest BCUT2D eigenvalue weighted by molar-refractivity contribution is 0.348. The Bertz CT molecular complexity index is 66.8. The number of rotatable bonds is 3. The van der Waals surface area contributed by atoms with Crippen molar-refractivity contribution in [2.45, 2.75) is 26.7 Å². The van der Waals surface area contributed by atoms with Crippen LogP contribution in [0.3, 0.4) is 0 Å². The van der Waals surface area contributed by atoms with E-state index in [4.69, 9.17) is 0 Å². The quantitative estimate of drug-likeness (QED) is 0.501. The van der Waals surface area contributed by atoms with E-state index in [1.54, 1.807) is 6.08 Å². The Morgan fingerprint density at radius 3 is 2.62 bits per heavy atom. The summed E-state index contributed by atoms with van der Waals surface area (Å²) in [5.74, 6) is 0.667. The van der Waals surface area contributed by atoms with Crippen LogP contribution >= 0.6 is 0 Å². The van der Waals surface area contributed by atoms with Crippen LogP contribution < -0.4 is 0 Å². The minimum atomic E-state index is 0.667. The van der Waals surface area contributed by atoms with Crippen molar-refractivity contribution in [2.75, 3.05) is 0 Å². The van der Waals surface area contributed by atoms with Crippen molar-refractivity contribution in [3.63, 3.8) is 0 Å². The Morgan fingerprint density at radius 1 is 1.62 bits per heavy atom. The number of hydrogen-bond acceptors (Lipinski definition) is 0. The summed E-state index contributed by atoms with van der Waals surface area (Å²) in [7, 11) is 0. The van der Waals surface area contributed by atoms with Crippen molar-refractivity contribution in [2.24, 2.45) is 5.92 Å². The molecule has 0 aliphatic heterocycles. The van der Waals surface area contributed by atoms with Crippen molar-refractivity contribution in [3.8, 4) is 0 Å². The third kappa shape index (κ3) is 3.72. The Kier molecular flexibility index (Phi) is 4.42. The smallest absolute Gasteiger partial charge is 0.138 e. The van der Waals surface area contributed by atoms with E-state index in [-0.39, 0.29) is 0 Å². The number of hydrogen-bond donors (Lipinski definition) is 0. The second kappa shape index (κ2) is 4.69. The highest BCUT2D eigenvalue weighted by atomic mass is 16.2. The van der Waals surface area contributed by atoms with Crippen LogP contribution in [-0.4, -0.2) is 0 Å². The molecule has 0 N–H and O–H groups in total. The predicted octanol–water partition coefficient (Wildman–Crippen LogP) is 2.37. The standard InChI is InChI=1S/C7H13O/c1-3-7(2)5-4-6-8/h4,6-7H,3,5H2,1-2H3. The molecule has 0 aromatic carbocycles. The van der Waals surface area contributed by atoms with Crippen molar-refractivity contribution < 1.29 is 5.11 Å². The molecule has 47 valence electrons. The highest BCUT2D eigenvalue weighted by molar-refractivity contribution is 4.73. The molecule has 8 heavy (non-hydrogen) atoms. The molecule has 0 bridgehead atoms. The average Bonchev–Trinajstić information content (AvgIpc) is 1.83. The zero-order valence-electron chi connectivity index (χ0n) is 5.55. The van der Waals surface area contributed by atoms with Gasteiger partial charge in [-0.25, -0.2) is 0 Å². The van der Waals surface area contributed by atoms with Gasteiger partial charge in [-0.2, -0.15) is 0 Å². The molecule has 0 spiro atoms. The SMILES string of the molecule is CCC(C)CC=C[O]. The van der Waals surface area contributed by atoms with E-state index in [2.05, 4.69) is 13.8 Å². The first kappa shape index (κ1) is 7.54. The second-order valence-corrected chi connectivity index (χ2v) is 2.12. The van der Waals surface area contributed by atoms with Crippen molar-refractivity contribution in [3.05, 3.63) is 12.3 Å². The van der Waals surface area contributed by atoms with E-state index in [1.807, 2.05) is 0 Å². The van der Waals surface area contributed by atoms with E-state index in [0.29, 0.717) is 5.92 Å². The van der Waals surface area contributed by atoms with Gasteiger partial charge in [0.15, 0.2) is 0 Å². The molecule has 1 nitrogen and oxygen atoms in total. The van der Waals surface area contributed by atoms with Gasteiger partial charge < -0.3 is 0 Å². The molecule has 0 aliphatic carbocycles. The molecule has 0 saturated carbocycles. The first-order valence-electron chi connectivity index (χ1n) is 3.08. The molecule has 0 fully saturated rings. The van der Waals surface area contributed by atoms with Crippen molar-refractivity contribution >= 4 is 0 Å². The molecule has 1 radical (unpaired) electrons. The molecule has 0 aromatic heterocycles. The topological polar surface area (TPSA) is 19.9 Å². The second-order valence-electron chi connectivity index (χ2n) is 2.12. The molecule has 0 aromatic rings. The zero-order chi connectivity index (χ0) is 6.41. The van der Waals surface area contributed by atoms with E-state index in [0.717, 1.165) is 19.1 Å². The van der Waals surface area contributed by atoms with Crippen LogP contribution in [0.5, 0.6) is 0 Å². The fourth-order valence-corrected chi connectivity index (χ4v) is 0.455. The van der Waals surface area contributed by atoms with E-state index in [1.165, 1.54) is 0 Å². The minimum absolute atomic E-state index is 0.667. The molecule has 0 rings (SSSR count). The van der Waals surface area contributed by atoms with Crippen molar-refractivity contribution in [1.29, 1.82) is 0 Å². The van der Waals surface area contributed by atoms with Crippen molar-refractivity contribution in [1.82, 2.24) is 0 Å². The summed E-state index contributed by atoms with van der Waals surface area (Å²) in [4.78, 5) is 0. The van der Waals surface area contributed by atoms with Crippen LogP contribution in [0.15, 0.2) is 12.3 Å². The normalized spacial score (nSPS) is 14.8. The highest BCUT2D eigenvalue weighted by Gasteiger charge is 1.92. The monoisotopic (exact) mass is 113 g/mol. The fourth-order valence-electron chi connectivity index (χ4n) is 0.455. The van der Waals surface area contributed by atoms with Gasteiger partial charge in [0.2, 0.25) is 0 Å². The zero-order valence-corrected chi connectivity index (χ0v) is 5.55. The molecular weight excluding hydrogens is 100 g/mol. The van der Waals surface area contributed by atoms with Gasteiger partial charge >= 0.3 is 0 Å². The maximum Gasteiger partial charge on any atom is 0.138 e. The Labute approximate surface area is 51.0 Å². The van der Waals surface area contributed by atoms with E-state index < -0.39 is 0 Å². The van der Waals surface area contributed by atoms with E-state index in [9.17, 15) is 5.11 Å². The van der Waals surface area contributed by atoms with Gasteiger partial charge in [0.05, 0.1) is 0 Å². The van der Waals surface area contributed by atoms with Gasteiger partial charge in [-0.15, -0.1) is 0 Å². The van der Waals surface area contributed by atoms with Gasteiger partial charge in [-0.1, -0.05) is 20.3 Å². The maximum absolute atomic E-state index is 9.77. The van der Waals surface area contributed by atoms with Crippen LogP contribution in [0.4, 0.5) is 0 Å².